The number of aryl methyl sites for hydroxylation is 1. The maximum atomic E-state index is 13.7. The third-order valence-electron chi connectivity index (χ3n) is 2.57. The molecule has 0 aliphatic carbocycles. The largest absolute Gasteiger partial charge is 0.484 e. The summed E-state index contributed by atoms with van der Waals surface area (Å²) in [5.41, 5.74) is 7.06. The molecule has 18 heavy (non-hydrogen) atoms. The Morgan fingerprint density at radius 1 is 1.39 bits per heavy atom. The monoisotopic (exact) mass is 249 g/mol. The van der Waals surface area contributed by atoms with E-state index in [2.05, 4.69) is 5.10 Å². The molecule has 0 aliphatic rings. The number of ether oxygens (including phenoxy) is 1. The van der Waals surface area contributed by atoms with Crippen LogP contribution in [0.15, 0.2) is 30.5 Å². The number of benzene rings is 1. The van der Waals surface area contributed by atoms with Crippen LogP contribution < -0.4 is 10.5 Å². The number of hydrogen-bond donors (Lipinski definition) is 1. The first kappa shape index (κ1) is 12.6. The molecule has 0 fully saturated rings. The molecule has 1 aromatic carbocycles. The van der Waals surface area contributed by atoms with Gasteiger partial charge in [0.25, 0.3) is 0 Å². The van der Waals surface area contributed by atoms with E-state index in [1.807, 2.05) is 25.4 Å². The summed E-state index contributed by atoms with van der Waals surface area (Å²) in [4.78, 5) is 0. The highest BCUT2D eigenvalue weighted by molar-refractivity contribution is 5.29. The summed E-state index contributed by atoms with van der Waals surface area (Å²) < 4.78 is 20.8. The van der Waals surface area contributed by atoms with Gasteiger partial charge < -0.3 is 10.5 Å². The molecule has 0 saturated heterocycles. The third kappa shape index (κ3) is 3.07. The van der Waals surface area contributed by atoms with E-state index >= 15 is 0 Å². The van der Waals surface area contributed by atoms with Crippen molar-refractivity contribution in [3.05, 3.63) is 47.5 Å². The number of nitrogens with two attached hydrogens (primary N) is 1. The lowest BCUT2D eigenvalue weighted by Crippen LogP contribution is -2.04. The predicted molar refractivity (Wildman–Crippen MR) is 66.7 cm³/mol. The Hall–Kier alpha value is -1.88. The van der Waals surface area contributed by atoms with Crippen LogP contribution in [0.25, 0.3) is 0 Å². The van der Waals surface area contributed by atoms with Crippen LogP contribution in [0.5, 0.6) is 5.75 Å². The molecule has 4 nitrogen and oxygen atoms in total. The van der Waals surface area contributed by atoms with E-state index < -0.39 is 0 Å². The Balaban J connectivity index is 2.01. The van der Waals surface area contributed by atoms with E-state index in [0.29, 0.717) is 13.0 Å². The zero-order valence-corrected chi connectivity index (χ0v) is 10.3. The van der Waals surface area contributed by atoms with Crippen LogP contribution in [0.2, 0.25) is 0 Å². The molecule has 5 heteroatoms. The van der Waals surface area contributed by atoms with Crippen molar-refractivity contribution in [2.24, 2.45) is 12.8 Å². The van der Waals surface area contributed by atoms with Gasteiger partial charge in [0.1, 0.15) is 6.61 Å². The van der Waals surface area contributed by atoms with Gasteiger partial charge in [0.05, 0.1) is 5.69 Å². The minimum absolute atomic E-state index is 0.237. The van der Waals surface area contributed by atoms with E-state index in [0.717, 1.165) is 11.3 Å². The minimum atomic E-state index is -0.364. The smallest absolute Gasteiger partial charge is 0.165 e. The summed E-state index contributed by atoms with van der Waals surface area (Å²) in [6, 6.07) is 6.74. The molecule has 1 aromatic heterocycles. The molecule has 2 aromatic rings. The molecular formula is C13H16FN3O. The first-order chi connectivity index (χ1) is 8.69. The second-order valence-corrected chi connectivity index (χ2v) is 4.07. The van der Waals surface area contributed by atoms with Crippen molar-refractivity contribution >= 4 is 0 Å². The molecule has 0 saturated carbocycles. The van der Waals surface area contributed by atoms with E-state index in [4.69, 9.17) is 10.5 Å². The quantitative estimate of drug-likeness (QED) is 0.876. The molecule has 1 heterocycles. The summed E-state index contributed by atoms with van der Waals surface area (Å²) in [6.07, 6.45) is 2.48. The molecule has 0 amide bonds. The summed E-state index contributed by atoms with van der Waals surface area (Å²) >= 11 is 0. The topological polar surface area (TPSA) is 53.1 Å². The fraction of sp³-hybridized carbons (Fsp3) is 0.308. The molecule has 0 aliphatic heterocycles. The third-order valence-corrected chi connectivity index (χ3v) is 2.57. The van der Waals surface area contributed by atoms with Gasteiger partial charge in [-0.1, -0.05) is 6.07 Å². The van der Waals surface area contributed by atoms with Gasteiger partial charge in [-0.25, -0.2) is 4.39 Å². The standard InChI is InChI=1S/C13H16FN3O/c1-17-7-5-11(16-17)9-18-13-3-2-10(4-6-15)8-12(13)14/h2-3,5,7-8H,4,6,9,15H2,1H3. The van der Waals surface area contributed by atoms with Crippen LogP contribution in [0.4, 0.5) is 4.39 Å². The molecule has 0 bridgehead atoms. The first-order valence-corrected chi connectivity index (χ1v) is 5.79. The van der Waals surface area contributed by atoms with Crippen molar-refractivity contribution in [1.29, 1.82) is 0 Å². The summed E-state index contributed by atoms with van der Waals surface area (Å²) in [5.74, 6) is -0.127. The first-order valence-electron chi connectivity index (χ1n) is 5.79. The van der Waals surface area contributed by atoms with Gasteiger partial charge in [0, 0.05) is 13.2 Å². The van der Waals surface area contributed by atoms with Crippen LogP contribution in [0.3, 0.4) is 0 Å². The molecular weight excluding hydrogens is 233 g/mol. The molecule has 2 N–H and O–H groups in total. The Morgan fingerprint density at radius 3 is 2.83 bits per heavy atom. The molecule has 0 spiro atoms. The number of rotatable bonds is 5. The molecule has 0 radical (unpaired) electrons. The zero-order chi connectivity index (χ0) is 13.0. The molecule has 2 rings (SSSR count). The predicted octanol–water partition coefficient (Wildman–Crippen LogP) is 1.64. The van der Waals surface area contributed by atoms with Crippen LogP contribution >= 0.6 is 0 Å². The second kappa shape index (κ2) is 5.64. The van der Waals surface area contributed by atoms with Crippen molar-refractivity contribution in [2.45, 2.75) is 13.0 Å². The Labute approximate surface area is 105 Å². The van der Waals surface area contributed by atoms with Gasteiger partial charge in [-0.3, -0.25) is 4.68 Å². The van der Waals surface area contributed by atoms with E-state index in [-0.39, 0.29) is 18.2 Å². The van der Waals surface area contributed by atoms with Gasteiger partial charge in [-0.05, 0) is 36.7 Å². The summed E-state index contributed by atoms with van der Waals surface area (Å²) in [7, 11) is 1.83. The lowest BCUT2D eigenvalue weighted by molar-refractivity contribution is 0.284. The maximum Gasteiger partial charge on any atom is 0.165 e. The second-order valence-electron chi connectivity index (χ2n) is 4.07. The lowest BCUT2D eigenvalue weighted by Gasteiger charge is -2.07. The van der Waals surface area contributed by atoms with Gasteiger partial charge in [0.15, 0.2) is 11.6 Å². The van der Waals surface area contributed by atoms with Crippen LogP contribution in [0.1, 0.15) is 11.3 Å². The van der Waals surface area contributed by atoms with Crippen LogP contribution in [-0.2, 0) is 20.1 Å². The van der Waals surface area contributed by atoms with Crippen molar-refractivity contribution in [2.75, 3.05) is 6.54 Å². The number of nitrogens with zero attached hydrogens (tertiary/aromatic N) is 2. The SMILES string of the molecule is Cn1ccc(COc2ccc(CCN)cc2F)n1. The number of halogens is 1. The van der Waals surface area contributed by atoms with Crippen molar-refractivity contribution in [3.63, 3.8) is 0 Å². The molecule has 96 valence electrons. The van der Waals surface area contributed by atoms with Gasteiger partial charge >= 0.3 is 0 Å². The minimum Gasteiger partial charge on any atom is -0.484 e. The van der Waals surface area contributed by atoms with Crippen LogP contribution in [0, 0.1) is 5.82 Å². The number of hydrogen-bond acceptors (Lipinski definition) is 3. The Kier molecular flexibility index (Phi) is 3.94. The highest BCUT2D eigenvalue weighted by Gasteiger charge is 2.06. The Bertz CT molecular complexity index is 525. The average Bonchev–Trinajstić information content (AvgIpc) is 2.74. The Morgan fingerprint density at radius 2 is 2.22 bits per heavy atom. The average molecular weight is 249 g/mol. The number of aromatic nitrogens is 2. The summed E-state index contributed by atoms with van der Waals surface area (Å²) in [5, 5.41) is 4.16. The van der Waals surface area contributed by atoms with E-state index in [9.17, 15) is 4.39 Å². The fourth-order valence-electron chi connectivity index (χ4n) is 1.68. The zero-order valence-electron chi connectivity index (χ0n) is 10.3. The van der Waals surface area contributed by atoms with Crippen molar-refractivity contribution in [1.82, 2.24) is 9.78 Å². The normalized spacial score (nSPS) is 10.6. The van der Waals surface area contributed by atoms with Crippen molar-refractivity contribution < 1.29 is 9.13 Å². The fourth-order valence-corrected chi connectivity index (χ4v) is 1.68. The van der Waals surface area contributed by atoms with E-state index in [1.54, 1.807) is 10.7 Å². The van der Waals surface area contributed by atoms with Gasteiger partial charge in [0.2, 0.25) is 0 Å². The highest BCUT2D eigenvalue weighted by Crippen LogP contribution is 2.19. The maximum absolute atomic E-state index is 13.7. The highest BCUT2D eigenvalue weighted by atomic mass is 19.1. The molecule has 0 atom stereocenters. The van der Waals surface area contributed by atoms with Crippen LogP contribution in [-0.4, -0.2) is 16.3 Å². The van der Waals surface area contributed by atoms with Gasteiger partial charge in [-0.2, -0.15) is 5.10 Å². The molecule has 0 unspecified atom stereocenters. The van der Waals surface area contributed by atoms with Crippen molar-refractivity contribution in [3.8, 4) is 5.75 Å². The van der Waals surface area contributed by atoms with E-state index in [1.165, 1.54) is 6.07 Å². The van der Waals surface area contributed by atoms with Gasteiger partial charge in [-0.15, -0.1) is 0 Å². The summed E-state index contributed by atoms with van der Waals surface area (Å²) in [6.45, 7) is 0.765. The lowest BCUT2D eigenvalue weighted by atomic mass is 10.1.